The first kappa shape index (κ1) is 28.1. The van der Waals surface area contributed by atoms with Gasteiger partial charge in [-0.2, -0.15) is 9.78 Å². The van der Waals surface area contributed by atoms with Gasteiger partial charge < -0.3 is 9.84 Å². The van der Waals surface area contributed by atoms with E-state index in [0.717, 1.165) is 4.47 Å². The zero-order chi connectivity index (χ0) is 28.5. The van der Waals surface area contributed by atoms with Crippen molar-refractivity contribution in [3.63, 3.8) is 0 Å². The lowest BCUT2D eigenvalue weighted by Gasteiger charge is -2.20. The highest BCUT2D eigenvalue weighted by molar-refractivity contribution is 9.10. The fourth-order valence-electron chi connectivity index (χ4n) is 3.72. The molecule has 12 heteroatoms. The van der Waals surface area contributed by atoms with Crippen LogP contribution >= 0.6 is 31.9 Å². The maximum Gasteiger partial charge on any atom is 0.335 e. The zero-order valence-electron chi connectivity index (χ0n) is 21.0. The van der Waals surface area contributed by atoms with Gasteiger partial charge in [0, 0.05) is 21.5 Å². The fraction of sp³-hybridized carbons (Fsp3) is 0.185. The van der Waals surface area contributed by atoms with E-state index in [1.54, 1.807) is 36.4 Å². The number of hydrogen-bond acceptors (Lipinski definition) is 7. The first-order valence-corrected chi connectivity index (χ1v) is 13.1. The van der Waals surface area contributed by atoms with Crippen LogP contribution in [0.1, 0.15) is 48.1 Å². The van der Waals surface area contributed by atoms with Crippen molar-refractivity contribution in [3.05, 3.63) is 107 Å². The van der Waals surface area contributed by atoms with Crippen molar-refractivity contribution in [2.24, 2.45) is 5.10 Å². The van der Waals surface area contributed by atoms with E-state index in [9.17, 15) is 19.7 Å². The van der Waals surface area contributed by atoms with Crippen LogP contribution in [0.25, 0.3) is 10.9 Å². The molecule has 39 heavy (non-hydrogen) atoms. The third kappa shape index (κ3) is 6.23. The van der Waals surface area contributed by atoms with Crippen molar-refractivity contribution < 1.29 is 19.6 Å². The van der Waals surface area contributed by atoms with Crippen LogP contribution in [0, 0.1) is 10.1 Å². The van der Waals surface area contributed by atoms with E-state index < -0.39 is 16.3 Å². The van der Waals surface area contributed by atoms with Crippen LogP contribution in [-0.2, 0) is 12.0 Å². The average molecular weight is 658 g/mol. The number of benzene rings is 3. The lowest BCUT2D eigenvalue weighted by atomic mass is 9.95. The summed E-state index contributed by atoms with van der Waals surface area (Å²) in [6.07, 6.45) is 1.36. The number of nitrogens with zero attached hydrogens (tertiary/aromatic N) is 4. The van der Waals surface area contributed by atoms with E-state index in [0.29, 0.717) is 32.3 Å². The molecule has 0 bridgehead atoms. The molecule has 1 heterocycles. The Morgan fingerprint density at radius 1 is 1.15 bits per heavy atom. The maximum absolute atomic E-state index is 13.4. The van der Waals surface area contributed by atoms with E-state index in [1.165, 1.54) is 29.1 Å². The first-order valence-electron chi connectivity index (χ1n) is 11.6. The molecule has 1 aromatic heterocycles. The predicted octanol–water partition coefficient (Wildman–Crippen LogP) is 6.29. The molecule has 0 unspecified atom stereocenters. The molecule has 0 fully saturated rings. The lowest BCUT2D eigenvalue weighted by molar-refractivity contribution is -0.386. The first-order chi connectivity index (χ1) is 18.3. The monoisotopic (exact) mass is 656 g/mol. The fourth-order valence-corrected chi connectivity index (χ4v) is 4.66. The van der Waals surface area contributed by atoms with Crippen molar-refractivity contribution in [2.45, 2.75) is 32.8 Å². The molecule has 0 aliphatic rings. The molecular formula is C27H22Br2N4O6. The number of hydrogen-bond donors (Lipinski definition) is 1. The third-order valence-electron chi connectivity index (χ3n) is 5.63. The molecule has 0 atom stereocenters. The number of carboxylic acids is 1. The molecular weight excluding hydrogens is 636 g/mol. The largest absolute Gasteiger partial charge is 0.481 e. The Balaban J connectivity index is 1.71. The maximum atomic E-state index is 13.4. The molecule has 0 aliphatic heterocycles. The second-order valence-electron chi connectivity index (χ2n) is 9.61. The van der Waals surface area contributed by atoms with Gasteiger partial charge in [0.25, 0.3) is 5.56 Å². The van der Waals surface area contributed by atoms with Crippen LogP contribution in [0.5, 0.6) is 5.75 Å². The van der Waals surface area contributed by atoms with E-state index in [4.69, 9.17) is 9.84 Å². The summed E-state index contributed by atoms with van der Waals surface area (Å²) in [5.41, 5.74) is 0.450. The minimum atomic E-state index is -1.05. The Labute approximate surface area is 239 Å². The number of ether oxygens (including phenoxy) is 1. The molecule has 10 nitrogen and oxygen atoms in total. The molecule has 4 rings (SSSR count). The van der Waals surface area contributed by atoms with Crippen molar-refractivity contribution in [1.82, 2.24) is 9.66 Å². The predicted molar refractivity (Wildman–Crippen MR) is 154 cm³/mol. The Morgan fingerprint density at radius 3 is 2.46 bits per heavy atom. The minimum absolute atomic E-state index is 0.00392. The summed E-state index contributed by atoms with van der Waals surface area (Å²) in [4.78, 5) is 40.4. The van der Waals surface area contributed by atoms with Crippen molar-refractivity contribution in [1.29, 1.82) is 0 Å². The van der Waals surface area contributed by atoms with E-state index in [-0.39, 0.29) is 29.2 Å². The van der Waals surface area contributed by atoms with Crippen LogP contribution < -0.4 is 10.3 Å². The number of halogens is 2. The van der Waals surface area contributed by atoms with Gasteiger partial charge in [0.15, 0.2) is 0 Å². The summed E-state index contributed by atoms with van der Waals surface area (Å²) in [6.45, 7) is 5.71. The summed E-state index contributed by atoms with van der Waals surface area (Å²) in [6, 6.07) is 14.1. The molecule has 0 radical (unpaired) electrons. The summed E-state index contributed by atoms with van der Waals surface area (Å²) in [7, 11) is 0. The number of carbonyl (C=O) groups is 1. The molecule has 0 saturated carbocycles. The van der Waals surface area contributed by atoms with Gasteiger partial charge in [-0.25, -0.2) is 9.78 Å². The van der Waals surface area contributed by atoms with Crippen molar-refractivity contribution >= 4 is 60.6 Å². The number of rotatable bonds is 7. The summed E-state index contributed by atoms with van der Waals surface area (Å²) in [5, 5.41) is 25.7. The van der Waals surface area contributed by atoms with Gasteiger partial charge in [-0.3, -0.25) is 14.9 Å². The highest BCUT2D eigenvalue weighted by Gasteiger charge is 2.24. The highest BCUT2D eigenvalue weighted by atomic mass is 79.9. The molecule has 0 amide bonds. The molecule has 3 aromatic carbocycles. The Morgan fingerprint density at radius 2 is 1.85 bits per heavy atom. The summed E-state index contributed by atoms with van der Waals surface area (Å²) >= 11 is 6.72. The van der Waals surface area contributed by atoms with E-state index in [2.05, 4.69) is 41.9 Å². The smallest absolute Gasteiger partial charge is 0.335 e. The number of carboxylic acid groups (broad SMARTS) is 1. The Kier molecular flexibility index (Phi) is 7.98. The van der Waals surface area contributed by atoms with Crippen molar-refractivity contribution in [3.8, 4) is 5.75 Å². The van der Waals surface area contributed by atoms with Gasteiger partial charge in [-0.1, -0.05) is 48.8 Å². The third-order valence-corrected chi connectivity index (χ3v) is 6.71. The number of fused-ring (bicyclic) bond motifs is 1. The minimum Gasteiger partial charge on any atom is -0.481 e. The van der Waals surface area contributed by atoms with E-state index in [1.807, 2.05) is 20.8 Å². The second-order valence-corrected chi connectivity index (χ2v) is 11.4. The quantitative estimate of drug-likeness (QED) is 0.140. The number of nitro benzene ring substituents is 1. The van der Waals surface area contributed by atoms with Crippen LogP contribution in [0.2, 0.25) is 0 Å². The van der Waals surface area contributed by atoms with Gasteiger partial charge in [-0.15, -0.1) is 0 Å². The van der Waals surface area contributed by atoms with Crippen molar-refractivity contribution in [2.75, 3.05) is 0 Å². The number of nitro groups is 1. The molecule has 0 aliphatic carbocycles. The molecule has 4 aromatic rings. The Hall–Kier alpha value is -3.90. The van der Waals surface area contributed by atoms with Gasteiger partial charge in [0.05, 0.1) is 32.1 Å². The second kappa shape index (κ2) is 11.1. The molecule has 0 spiro atoms. The van der Waals surface area contributed by atoms with Crippen LogP contribution in [0.15, 0.2) is 73.4 Å². The summed E-state index contributed by atoms with van der Waals surface area (Å²) in [5.74, 6) is -0.618. The number of aromatic nitrogens is 2. The van der Waals surface area contributed by atoms with Crippen LogP contribution in [0.4, 0.5) is 5.69 Å². The number of aromatic carboxylic acids is 1. The lowest BCUT2D eigenvalue weighted by Crippen LogP contribution is -2.29. The Bertz CT molecular complexity index is 1690. The normalized spacial score (nSPS) is 11.7. The van der Waals surface area contributed by atoms with E-state index >= 15 is 0 Å². The van der Waals surface area contributed by atoms with Gasteiger partial charge in [0.2, 0.25) is 5.75 Å². The molecule has 200 valence electrons. The van der Waals surface area contributed by atoms with Crippen LogP contribution in [0.3, 0.4) is 0 Å². The van der Waals surface area contributed by atoms with Gasteiger partial charge in [-0.05, 0) is 57.9 Å². The van der Waals surface area contributed by atoms with Gasteiger partial charge in [0.1, 0.15) is 12.4 Å². The standard InChI is InChI=1S/C27H22Br2N4O6/c1-27(2,3)26-31-21-9-8-18(28)12-19(21)24(34)32(26)30-13-16-10-20(29)23(22(11-16)33(37)38)39-14-15-4-6-17(7-5-15)25(35)36/h4-13H,14H2,1-3H3,(H,35,36). The van der Waals surface area contributed by atoms with Crippen LogP contribution in [-0.4, -0.2) is 31.9 Å². The summed E-state index contributed by atoms with van der Waals surface area (Å²) < 4.78 is 7.97. The highest BCUT2D eigenvalue weighted by Crippen LogP contribution is 2.36. The zero-order valence-corrected chi connectivity index (χ0v) is 24.2. The topological polar surface area (TPSA) is 137 Å². The van der Waals surface area contributed by atoms with Gasteiger partial charge >= 0.3 is 11.7 Å². The average Bonchev–Trinajstić information content (AvgIpc) is 2.87. The molecule has 1 N–H and O–H groups in total. The molecule has 0 saturated heterocycles. The SMILES string of the molecule is CC(C)(C)c1nc2ccc(Br)cc2c(=O)n1N=Cc1cc(Br)c(OCc2ccc(C(=O)O)cc2)c([N+](=O)[O-])c1.